The zero-order valence-corrected chi connectivity index (χ0v) is 13.4. The molecule has 2 N–H and O–H groups in total. The van der Waals surface area contributed by atoms with Crippen LogP contribution in [0.25, 0.3) is 0 Å². The fourth-order valence-corrected chi connectivity index (χ4v) is 2.23. The van der Waals surface area contributed by atoms with Gasteiger partial charge in [-0.05, 0) is 43.6 Å². The van der Waals surface area contributed by atoms with Gasteiger partial charge in [0.1, 0.15) is 11.8 Å². The molecule has 116 valence electrons. The molecule has 1 unspecified atom stereocenters. The van der Waals surface area contributed by atoms with Crippen LogP contribution in [0.2, 0.25) is 5.02 Å². The fourth-order valence-electron chi connectivity index (χ4n) is 1.58. The van der Waals surface area contributed by atoms with Gasteiger partial charge in [0, 0.05) is 5.02 Å². The lowest BCUT2D eigenvalue weighted by molar-refractivity contribution is -0.142. The van der Waals surface area contributed by atoms with Crippen LogP contribution in [-0.2, 0) is 9.59 Å². The van der Waals surface area contributed by atoms with E-state index in [0.717, 1.165) is 0 Å². The SMILES string of the molecule is CSCC[C@@H](NC(=O)C(C)Oc1cccc(Cl)c1)C(=O)O. The summed E-state index contributed by atoms with van der Waals surface area (Å²) in [6.45, 7) is 1.56. The van der Waals surface area contributed by atoms with Crippen molar-refractivity contribution in [2.75, 3.05) is 12.0 Å². The lowest BCUT2D eigenvalue weighted by Gasteiger charge is -2.18. The third-order valence-electron chi connectivity index (χ3n) is 2.70. The molecular formula is C14H18ClNO4S. The number of halogens is 1. The van der Waals surface area contributed by atoms with Crippen molar-refractivity contribution in [3.8, 4) is 5.75 Å². The predicted molar refractivity (Wildman–Crippen MR) is 84.1 cm³/mol. The highest BCUT2D eigenvalue weighted by Gasteiger charge is 2.23. The number of thioether (sulfide) groups is 1. The van der Waals surface area contributed by atoms with Crippen molar-refractivity contribution in [1.82, 2.24) is 5.32 Å². The van der Waals surface area contributed by atoms with E-state index < -0.39 is 24.0 Å². The Labute approximate surface area is 133 Å². The Morgan fingerprint density at radius 1 is 1.48 bits per heavy atom. The minimum absolute atomic E-state index is 0.367. The van der Waals surface area contributed by atoms with E-state index in [2.05, 4.69) is 5.32 Å². The molecule has 0 spiro atoms. The van der Waals surface area contributed by atoms with E-state index in [0.29, 0.717) is 22.9 Å². The van der Waals surface area contributed by atoms with Crippen molar-refractivity contribution in [3.63, 3.8) is 0 Å². The number of amides is 1. The molecule has 1 rings (SSSR count). The first kappa shape index (κ1) is 17.7. The number of ether oxygens (including phenoxy) is 1. The Balaban J connectivity index is 2.58. The van der Waals surface area contributed by atoms with Crippen LogP contribution in [-0.4, -0.2) is 41.1 Å². The summed E-state index contributed by atoms with van der Waals surface area (Å²) in [4.78, 5) is 23.1. The molecular weight excluding hydrogens is 314 g/mol. The molecule has 1 aromatic carbocycles. The minimum atomic E-state index is -1.05. The molecule has 1 aromatic rings. The van der Waals surface area contributed by atoms with Crippen LogP contribution < -0.4 is 10.1 Å². The summed E-state index contributed by atoms with van der Waals surface area (Å²) < 4.78 is 5.45. The monoisotopic (exact) mass is 331 g/mol. The summed E-state index contributed by atoms with van der Waals surface area (Å²) in [6.07, 6.45) is 1.44. The van der Waals surface area contributed by atoms with E-state index in [-0.39, 0.29) is 0 Å². The Hall–Kier alpha value is -1.40. The van der Waals surface area contributed by atoms with Crippen molar-refractivity contribution < 1.29 is 19.4 Å². The van der Waals surface area contributed by atoms with E-state index in [9.17, 15) is 9.59 Å². The smallest absolute Gasteiger partial charge is 0.326 e. The lowest BCUT2D eigenvalue weighted by Crippen LogP contribution is -2.46. The van der Waals surface area contributed by atoms with Crippen molar-refractivity contribution in [2.45, 2.75) is 25.5 Å². The molecule has 0 aliphatic rings. The molecule has 0 bridgehead atoms. The zero-order valence-electron chi connectivity index (χ0n) is 11.8. The van der Waals surface area contributed by atoms with Crippen LogP contribution in [0.15, 0.2) is 24.3 Å². The van der Waals surface area contributed by atoms with E-state index in [1.807, 2.05) is 6.26 Å². The van der Waals surface area contributed by atoms with Crippen LogP contribution in [0.5, 0.6) is 5.75 Å². The average molecular weight is 332 g/mol. The summed E-state index contributed by atoms with van der Waals surface area (Å²) in [7, 11) is 0. The van der Waals surface area contributed by atoms with E-state index in [1.54, 1.807) is 31.2 Å². The predicted octanol–water partition coefficient (Wildman–Crippen LogP) is 2.43. The summed E-state index contributed by atoms with van der Waals surface area (Å²) in [5, 5.41) is 12.1. The highest BCUT2D eigenvalue weighted by molar-refractivity contribution is 7.98. The van der Waals surface area contributed by atoms with Gasteiger partial charge < -0.3 is 15.2 Å². The highest BCUT2D eigenvalue weighted by atomic mass is 35.5. The maximum absolute atomic E-state index is 12.0. The van der Waals surface area contributed by atoms with E-state index in [4.69, 9.17) is 21.4 Å². The Morgan fingerprint density at radius 3 is 2.76 bits per heavy atom. The quantitative estimate of drug-likeness (QED) is 0.765. The molecule has 0 radical (unpaired) electrons. The van der Waals surface area contributed by atoms with Gasteiger partial charge in [0.25, 0.3) is 5.91 Å². The number of aliphatic carboxylic acids is 1. The maximum atomic E-state index is 12.0. The Morgan fingerprint density at radius 2 is 2.19 bits per heavy atom. The number of carbonyl (C=O) groups is 2. The van der Waals surface area contributed by atoms with Crippen molar-refractivity contribution >= 4 is 35.2 Å². The van der Waals surface area contributed by atoms with Gasteiger partial charge in [-0.15, -0.1) is 0 Å². The van der Waals surface area contributed by atoms with Crippen LogP contribution in [0.1, 0.15) is 13.3 Å². The first-order valence-electron chi connectivity index (χ1n) is 6.38. The number of nitrogens with one attached hydrogen (secondary N) is 1. The molecule has 0 aromatic heterocycles. The fraction of sp³-hybridized carbons (Fsp3) is 0.429. The number of benzene rings is 1. The Kier molecular flexibility index (Phi) is 7.39. The molecule has 0 saturated heterocycles. The van der Waals surface area contributed by atoms with Crippen LogP contribution in [0, 0.1) is 0 Å². The second kappa shape index (κ2) is 8.79. The van der Waals surface area contributed by atoms with Gasteiger partial charge in [0.2, 0.25) is 0 Å². The van der Waals surface area contributed by atoms with Gasteiger partial charge in [-0.2, -0.15) is 11.8 Å². The molecule has 0 aliphatic heterocycles. The number of hydrogen-bond donors (Lipinski definition) is 2. The third-order valence-corrected chi connectivity index (χ3v) is 3.58. The van der Waals surface area contributed by atoms with Crippen molar-refractivity contribution in [1.29, 1.82) is 0 Å². The third kappa shape index (κ3) is 6.27. The second-order valence-electron chi connectivity index (χ2n) is 4.40. The van der Waals surface area contributed by atoms with Gasteiger partial charge in [-0.25, -0.2) is 4.79 Å². The number of carboxylic acid groups (broad SMARTS) is 1. The molecule has 0 saturated carbocycles. The highest BCUT2D eigenvalue weighted by Crippen LogP contribution is 2.18. The average Bonchev–Trinajstić information content (AvgIpc) is 2.42. The molecule has 2 atom stereocenters. The number of rotatable bonds is 8. The van der Waals surface area contributed by atoms with Crippen LogP contribution in [0.3, 0.4) is 0 Å². The first-order chi connectivity index (χ1) is 9.93. The summed E-state index contributed by atoms with van der Waals surface area (Å²) >= 11 is 7.36. The topological polar surface area (TPSA) is 75.6 Å². The Bertz CT molecular complexity index is 498. The zero-order chi connectivity index (χ0) is 15.8. The minimum Gasteiger partial charge on any atom is -0.481 e. The maximum Gasteiger partial charge on any atom is 0.326 e. The summed E-state index contributed by atoms with van der Waals surface area (Å²) in [6, 6.07) is 5.77. The first-order valence-corrected chi connectivity index (χ1v) is 8.15. The molecule has 1 amide bonds. The van der Waals surface area contributed by atoms with Gasteiger partial charge in [-0.3, -0.25) is 4.79 Å². The summed E-state index contributed by atoms with van der Waals surface area (Å²) in [5.74, 6) is -0.405. The van der Waals surface area contributed by atoms with E-state index >= 15 is 0 Å². The largest absolute Gasteiger partial charge is 0.481 e. The van der Waals surface area contributed by atoms with Crippen molar-refractivity contribution in [3.05, 3.63) is 29.3 Å². The molecule has 0 fully saturated rings. The van der Waals surface area contributed by atoms with Crippen molar-refractivity contribution in [2.24, 2.45) is 0 Å². The second-order valence-corrected chi connectivity index (χ2v) is 5.82. The summed E-state index contributed by atoms with van der Waals surface area (Å²) in [5.41, 5.74) is 0. The number of carboxylic acids is 1. The van der Waals surface area contributed by atoms with E-state index in [1.165, 1.54) is 11.8 Å². The molecule has 0 aliphatic carbocycles. The van der Waals surface area contributed by atoms with Gasteiger partial charge in [0.05, 0.1) is 0 Å². The molecule has 0 heterocycles. The lowest BCUT2D eigenvalue weighted by atomic mass is 10.2. The molecule has 5 nitrogen and oxygen atoms in total. The van der Waals surface area contributed by atoms with Crippen LogP contribution >= 0.6 is 23.4 Å². The normalized spacial score (nSPS) is 13.3. The van der Waals surface area contributed by atoms with Gasteiger partial charge in [-0.1, -0.05) is 17.7 Å². The molecule has 21 heavy (non-hydrogen) atoms. The van der Waals surface area contributed by atoms with Gasteiger partial charge >= 0.3 is 5.97 Å². The number of hydrogen-bond acceptors (Lipinski definition) is 4. The molecule has 7 heteroatoms. The van der Waals surface area contributed by atoms with Gasteiger partial charge in [0.15, 0.2) is 6.10 Å². The number of carbonyl (C=O) groups excluding carboxylic acids is 1. The standard InChI is InChI=1S/C14H18ClNO4S/c1-9(20-11-5-3-4-10(15)8-11)13(17)16-12(14(18)19)6-7-21-2/h3-5,8-9,12H,6-7H2,1-2H3,(H,16,17)(H,18,19)/t9?,12-/m1/s1. The van der Waals surface area contributed by atoms with Crippen LogP contribution in [0.4, 0.5) is 0 Å².